The maximum absolute atomic E-state index is 12.4. The number of pyridine rings is 1. The molecular weight excluding hydrogens is 286 g/mol. The summed E-state index contributed by atoms with van der Waals surface area (Å²) in [4.78, 5) is 16.7. The summed E-state index contributed by atoms with van der Waals surface area (Å²) >= 11 is 0. The van der Waals surface area contributed by atoms with Gasteiger partial charge in [0.2, 0.25) is 0 Å². The van der Waals surface area contributed by atoms with E-state index in [1.54, 1.807) is 6.20 Å². The summed E-state index contributed by atoms with van der Waals surface area (Å²) in [7, 11) is 0. The smallest absolute Gasteiger partial charge is 0.270 e. The molecule has 4 nitrogen and oxygen atoms in total. The van der Waals surface area contributed by atoms with Crippen molar-refractivity contribution in [1.82, 2.24) is 10.3 Å². The second-order valence-electron chi connectivity index (χ2n) is 7.07. The minimum atomic E-state index is -0.0265. The van der Waals surface area contributed by atoms with E-state index < -0.39 is 0 Å². The largest absolute Gasteiger partial charge is 0.382 e. The summed E-state index contributed by atoms with van der Waals surface area (Å²) in [6, 6.07) is 4.75. The molecule has 4 heteroatoms. The Morgan fingerprint density at radius 1 is 0.913 bits per heavy atom. The molecule has 1 heterocycles. The molecule has 126 valence electrons. The van der Waals surface area contributed by atoms with Crippen molar-refractivity contribution in [2.24, 2.45) is 0 Å². The second-order valence-corrected chi connectivity index (χ2v) is 7.07. The van der Waals surface area contributed by atoms with Gasteiger partial charge < -0.3 is 10.6 Å². The molecule has 2 N–H and O–H groups in total. The van der Waals surface area contributed by atoms with E-state index in [9.17, 15) is 4.79 Å². The summed E-state index contributed by atoms with van der Waals surface area (Å²) in [6.07, 6.45) is 15.5. The molecule has 0 spiro atoms. The Labute approximate surface area is 139 Å². The molecule has 0 radical (unpaired) electrons. The molecule has 23 heavy (non-hydrogen) atoms. The number of aromatic nitrogens is 1. The molecule has 0 bridgehead atoms. The van der Waals surface area contributed by atoms with Crippen molar-refractivity contribution < 1.29 is 4.79 Å². The van der Waals surface area contributed by atoms with Gasteiger partial charge in [-0.1, -0.05) is 44.9 Å². The number of carbonyl (C=O) groups excluding carboxylic acids is 1. The zero-order valence-corrected chi connectivity index (χ0v) is 14.0. The van der Waals surface area contributed by atoms with Crippen molar-refractivity contribution in [3.05, 3.63) is 24.0 Å². The highest BCUT2D eigenvalue weighted by atomic mass is 16.1. The van der Waals surface area contributed by atoms with Crippen molar-refractivity contribution in [2.45, 2.75) is 82.7 Å². The molecule has 2 aliphatic carbocycles. The zero-order chi connectivity index (χ0) is 15.9. The van der Waals surface area contributed by atoms with Crippen LogP contribution in [0.2, 0.25) is 0 Å². The lowest BCUT2D eigenvalue weighted by atomic mass is 9.95. The normalized spacial score (nSPS) is 20.7. The van der Waals surface area contributed by atoms with E-state index >= 15 is 0 Å². The SMILES string of the molecule is O=C(NC1CCCCC1)c1cc(NC2CCCCCC2)ccn1. The number of rotatable bonds is 4. The summed E-state index contributed by atoms with van der Waals surface area (Å²) in [6.45, 7) is 0. The highest BCUT2D eigenvalue weighted by Gasteiger charge is 2.18. The fraction of sp³-hybridized carbons (Fsp3) is 0.684. The van der Waals surface area contributed by atoms with Crippen LogP contribution in [-0.2, 0) is 0 Å². The average Bonchev–Trinajstić information content (AvgIpc) is 2.85. The Hall–Kier alpha value is -1.58. The Morgan fingerprint density at radius 2 is 1.52 bits per heavy atom. The van der Waals surface area contributed by atoms with Gasteiger partial charge in [0.25, 0.3) is 5.91 Å². The molecule has 0 aromatic carbocycles. The Morgan fingerprint density at radius 3 is 2.22 bits per heavy atom. The third kappa shape index (κ3) is 4.95. The Bertz CT molecular complexity index is 503. The first-order chi connectivity index (χ1) is 11.3. The van der Waals surface area contributed by atoms with Crippen LogP contribution in [0, 0.1) is 0 Å². The van der Waals surface area contributed by atoms with Crippen LogP contribution in [0.25, 0.3) is 0 Å². The van der Waals surface area contributed by atoms with Crippen LogP contribution in [-0.4, -0.2) is 23.0 Å². The number of nitrogens with zero attached hydrogens (tertiary/aromatic N) is 1. The second kappa shape index (κ2) is 8.32. The van der Waals surface area contributed by atoms with Crippen LogP contribution in [0.4, 0.5) is 5.69 Å². The predicted molar refractivity (Wildman–Crippen MR) is 93.7 cm³/mol. The molecule has 0 atom stereocenters. The van der Waals surface area contributed by atoms with E-state index in [0.29, 0.717) is 17.8 Å². The van der Waals surface area contributed by atoms with Crippen LogP contribution in [0.5, 0.6) is 0 Å². The summed E-state index contributed by atoms with van der Waals surface area (Å²) in [5.41, 5.74) is 1.56. The molecule has 2 fully saturated rings. The number of carbonyl (C=O) groups is 1. The monoisotopic (exact) mass is 315 g/mol. The number of anilines is 1. The molecular formula is C19H29N3O. The Balaban J connectivity index is 1.58. The number of hydrogen-bond acceptors (Lipinski definition) is 3. The van der Waals surface area contributed by atoms with Crippen molar-refractivity contribution >= 4 is 11.6 Å². The lowest BCUT2D eigenvalue weighted by Gasteiger charge is -2.22. The van der Waals surface area contributed by atoms with Gasteiger partial charge in [-0.2, -0.15) is 0 Å². The third-order valence-electron chi connectivity index (χ3n) is 5.16. The summed E-state index contributed by atoms with van der Waals surface area (Å²) in [5.74, 6) is -0.0265. The van der Waals surface area contributed by atoms with Gasteiger partial charge in [0.15, 0.2) is 0 Å². The van der Waals surface area contributed by atoms with E-state index in [2.05, 4.69) is 15.6 Å². The number of nitrogens with one attached hydrogen (secondary N) is 2. The minimum Gasteiger partial charge on any atom is -0.382 e. The van der Waals surface area contributed by atoms with Crippen molar-refractivity contribution in [2.75, 3.05) is 5.32 Å². The highest BCUT2D eigenvalue weighted by Crippen LogP contribution is 2.22. The molecule has 2 aliphatic rings. The molecule has 0 aliphatic heterocycles. The molecule has 1 aromatic heterocycles. The standard InChI is InChI=1S/C19H29N3O/c23-19(22-16-10-6-3-7-11-16)18-14-17(12-13-20-18)21-15-8-4-1-2-5-9-15/h12-16H,1-11H2,(H,20,21)(H,22,23). The first-order valence-corrected chi connectivity index (χ1v) is 9.35. The van der Waals surface area contributed by atoms with Gasteiger partial charge in [0.1, 0.15) is 5.69 Å². The fourth-order valence-corrected chi connectivity index (χ4v) is 3.81. The van der Waals surface area contributed by atoms with Crippen LogP contribution >= 0.6 is 0 Å². The van der Waals surface area contributed by atoms with Gasteiger partial charge in [-0.25, -0.2) is 0 Å². The van der Waals surface area contributed by atoms with Crippen LogP contribution in [0.15, 0.2) is 18.3 Å². The van der Waals surface area contributed by atoms with Gasteiger partial charge in [-0.3, -0.25) is 9.78 Å². The highest BCUT2D eigenvalue weighted by molar-refractivity contribution is 5.93. The predicted octanol–water partition coefficient (Wildman–Crippen LogP) is 4.28. The van der Waals surface area contributed by atoms with E-state index in [1.165, 1.54) is 57.8 Å². The maximum Gasteiger partial charge on any atom is 0.270 e. The first kappa shape index (κ1) is 16.3. The number of hydrogen-bond donors (Lipinski definition) is 2. The minimum absolute atomic E-state index is 0.0265. The van der Waals surface area contributed by atoms with Crippen LogP contribution < -0.4 is 10.6 Å². The lowest BCUT2D eigenvalue weighted by Crippen LogP contribution is -2.36. The molecule has 3 rings (SSSR count). The quantitative estimate of drug-likeness (QED) is 0.815. The molecule has 2 saturated carbocycles. The van der Waals surface area contributed by atoms with Crippen molar-refractivity contribution in [3.8, 4) is 0 Å². The topological polar surface area (TPSA) is 54.0 Å². The van der Waals surface area contributed by atoms with E-state index in [4.69, 9.17) is 0 Å². The Kier molecular flexibility index (Phi) is 5.89. The van der Waals surface area contributed by atoms with Gasteiger partial charge in [-0.05, 0) is 37.8 Å². The van der Waals surface area contributed by atoms with Gasteiger partial charge >= 0.3 is 0 Å². The lowest BCUT2D eigenvalue weighted by molar-refractivity contribution is 0.0922. The molecule has 0 unspecified atom stereocenters. The summed E-state index contributed by atoms with van der Waals surface area (Å²) < 4.78 is 0. The van der Waals surface area contributed by atoms with Crippen molar-refractivity contribution in [1.29, 1.82) is 0 Å². The maximum atomic E-state index is 12.4. The summed E-state index contributed by atoms with van der Waals surface area (Å²) in [5, 5.41) is 6.75. The molecule has 1 amide bonds. The zero-order valence-electron chi connectivity index (χ0n) is 14.0. The van der Waals surface area contributed by atoms with Crippen LogP contribution in [0.1, 0.15) is 81.1 Å². The number of amides is 1. The average molecular weight is 315 g/mol. The van der Waals surface area contributed by atoms with E-state index in [0.717, 1.165) is 18.5 Å². The van der Waals surface area contributed by atoms with E-state index in [-0.39, 0.29) is 5.91 Å². The molecule has 1 aromatic rings. The third-order valence-corrected chi connectivity index (χ3v) is 5.16. The van der Waals surface area contributed by atoms with Gasteiger partial charge in [-0.15, -0.1) is 0 Å². The van der Waals surface area contributed by atoms with Crippen molar-refractivity contribution in [3.63, 3.8) is 0 Å². The molecule has 0 saturated heterocycles. The van der Waals surface area contributed by atoms with E-state index in [1.807, 2.05) is 12.1 Å². The van der Waals surface area contributed by atoms with Crippen LogP contribution in [0.3, 0.4) is 0 Å². The fourth-order valence-electron chi connectivity index (χ4n) is 3.81. The van der Waals surface area contributed by atoms with Gasteiger partial charge in [0, 0.05) is 24.0 Å². The first-order valence-electron chi connectivity index (χ1n) is 9.35. The van der Waals surface area contributed by atoms with Gasteiger partial charge in [0.05, 0.1) is 0 Å².